The fourth-order valence-corrected chi connectivity index (χ4v) is 1.81. The summed E-state index contributed by atoms with van der Waals surface area (Å²) in [6, 6.07) is 3.46. The van der Waals surface area contributed by atoms with Crippen LogP contribution in [0.4, 0.5) is 0 Å². The van der Waals surface area contributed by atoms with Crippen molar-refractivity contribution in [2.75, 3.05) is 0 Å². The first-order chi connectivity index (χ1) is 8.06. The molecule has 1 aliphatic carbocycles. The van der Waals surface area contributed by atoms with Gasteiger partial charge in [-0.3, -0.25) is 14.6 Å². The number of rotatable bonds is 3. The highest BCUT2D eigenvalue weighted by Crippen LogP contribution is 2.27. The SMILES string of the molecule is Cc1ccc(C(=O)NC2CC(C(=O)O)C2)cn1. The van der Waals surface area contributed by atoms with E-state index in [2.05, 4.69) is 10.3 Å². The van der Waals surface area contributed by atoms with Gasteiger partial charge in [-0.15, -0.1) is 0 Å². The van der Waals surface area contributed by atoms with Crippen molar-refractivity contribution in [3.05, 3.63) is 29.6 Å². The smallest absolute Gasteiger partial charge is 0.306 e. The van der Waals surface area contributed by atoms with Gasteiger partial charge in [0.05, 0.1) is 11.5 Å². The van der Waals surface area contributed by atoms with E-state index < -0.39 is 5.97 Å². The molecule has 1 heterocycles. The van der Waals surface area contributed by atoms with E-state index in [1.54, 1.807) is 12.1 Å². The monoisotopic (exact) mass is 234 g/mol. The summed E-state index contributed by atoms with van der Waals surface area (Å²) in [4.78, 5) is 26.4. The summed E-state index contributed by atoms with van der Waals surface area (Å²) in [6.07, 6.45) is 2.55. The fourth-order valence-electron chi connectivity index (χ4n) is 1.81. The Bertz CT molecular complexity index is 436. The van der Waals surface area contributed by atoms with E-state index in [9.17, 15) is 9.59 Å². The molecule has 1 aromatic heterocycles. The molecule has 90 valence electrons. The molecule has 0 spiro atoms. The molecule has 0 unspecified atom stereocenters. The van der Waals surface area contributed by atoms with Crippen LogP contribution in [-0.2, 0) is 4.79 Å². The van der Waals surface area contributed by atoms with Crippen LogP contribution in [0.2, 0.25) is 0 Å². The van der Waals surface area contributed by atoms with Crippen molar-refractivity contribution in [3.8, 4) is 0 Å². The minimum absolute atomic E-state index is 0.0232. The largest absolute Gasteiger partial charge is 0.481 e. The Balaban J connectivity index is 1.87. The second-order valence-electron chi connectivity index (χ2n) is 4.37. The van der Waals surface area contributed by atoms with Crippen LogP contribution in [0, 0.1) is 12.8 Å². The number of aromatic nitrogens is 1. The van der Waals surface area contributed by atoms with Crippen molar-refractivity contribution in [2.24, 2.45) is 5.92 Å². The predicted octanol–water partition coefficient (Wildman–Crippen LogP) is 0.983. The number of nitrogens with zero attached hydrogens (tertiary/aromatic N) is 1. The summed E-state index contributed by atoms with van der Waals surface area (Å²) >= 11 is 0. The highest BCUT2D eigenvalue weighted by atomic mass is 16.4. The summed E-state index contributed by atoms with van der Waals surface area (Å²) in [5.41, 5.74) is 1.37. The molecule has 1 amide bonds. The average Bonchev–Trinajstić information content (AvgIpc) is 2.23. The molecule has 0 radical (unpaired) electrons. The summed E-state index contributed by atoms with van der Waals surface area (Å²) in [5.74, 6) is -1.28. The van der Waals surface area contributed by atoms with E-state index in [1.807, 2.05) is 6.92 Å². The second kappa shape index (κ2) is 4.53. The van der Waals surface area contributed by atoms with Gasteiger partial charge in [-0.1, -0.05) is 0 Å². The molecule has 2 N–H and O–H groups in total. The minimum atomic E-state index is -0.785. The van der Waals surface area contributed by atoms with Crippen LogP contribution in [0.3, 0.4) is 0 Å². The van der Waals surface area contributed by atoms with Gasteiger partial charge in [-0.2, -0.15) is 0 Å². The average molecular weight is 234 g/mol. The predicted molar refractivity (Wildman–Crippen MR) is 60.6 cm³/mol. The van der Waals surface area contributed by atoms with E-state index in [0.717, 1.165) is 5.69 Å². The number of hydrogen-bond acceptors (Lipinski definition) is 3. The first-order valence-corrected chi connectivity index (χ1v) is 5.52. The molecule has 1 aliphatic rings. The van der Waals surface area contributed by atoms with E-state index in [-0.39, 0.29) is 17.9 Å². The van der Waals surface area contributed by atoms with Gasteiger partial charge in [-0.25, -0.2) is 0 Å². The summed E-state index contributed by atoms with van der Waals surface area (Å²) in [7, 11) is 0. The number of nitrogens with one attached hydrogen (secondary N) is 1. The zero-order valence-corrected chi connectivity index (χ0v) is 9.51. The van der Waals surface area contributed by atoms with Gasteiger partial charge in [0.2, 0.25) is 0 Å². The van der Waals surface area contributed by atoms with Gasteiger partial charge in [-0.05, 0) is 31.9 Å². The number of aliphatic carboxylic acids is 1. The maximum absolute atomic E-state index is 11.7. The third kappa shape index (κ3) is 2.61. The molecule has 2 rings (SSSR count). The van der Waals surface area contributed by atoms with E-state index in [1.165, 1.54) is 6.20 Å². The Morgan fingerprint density at radius 2 is 2.12 bits per heavy atom. The molecule has 0 aromatic carbocycles. The van der Waals surface area contributed by atoms with Gasteiger partial charge in [0.25, 0.3) is 5.91 Å². The van der Waals surface area contributed by atoms with E-state index >= 15 is 0 Å². The van der Waals surface area contributed by atoms with Gasteiger partial charge in [0, 0.05) is 17.9 Å². The summed E-state index contributed by atoms with van der Waals surface area (Å²) in [5, 5.41) is 11.5. The molecule has 0 saturated heterocycles. The summed E-state index contributed by atoms with van der Waals surface area (Å²) in [6.45, 7) is 1.85. The molecule has 1 saturated carbocycles. The molecule has 1 aromatic rings. The number of carbonyl (C=O) groups is 2. The molecule has 0 atom stereocenters. The van der Waals surface area contributed by atoms with Crippen molar-refractivity contribution < 1.29 is 14.7 Å². The van der Waals surface area contributed by atoms with Gasteiger partial charge in [0.15, 0.2) is 0 Å². The van der Waals surface area contributed by atoms with Crippen LogP contribution in [-0.4, -0.2) is 28.0 Å². The van der Waals surface area contributed by atoms with Crippen molar-refractivity contribution in [1.29, 1.82) is 0 Å². The van der Waals surface area contributed by atoms with Gasteiger partial charge >= 0.3 is 5.97 Å². The number of carboxylic acid groups (broad SMARTS) is 1. The normalized spacial score (nSPS) is 22.6. The standard InChI is InChI=1S/C12H14N2O3/c1-7-2-3-8(6-13-7)11(15)14-10-4-9(5-10)12(16)17/h2-3,6,9-10H,4-5H2,1H3,(H,14,15)(H,16,17). The Hall–Kier alpha value is -1.91. The molecular formula is C12H14N2O3. The molecular weight excluding hydrogens is 220 g/mol. The topological polar surface area (TPSA) is 79.3 Å². The first-order valence-electron chi connectivity index (χ1n) is 5.52. The number of aryl methyl sites for hydroxylation is 1. The van der Waals surface area contributed by atoms with Crippen LogP contribution < -0.4 is 5.32 Å². The van der Waals surface area contributed by atoms with Gasteiger partial charge in [0.1, 0.15) is 0 Å². The number of amides is 1. The Kier molecular flexibility index (Phi) is 3.08. The molecule has 17 heavy (non-hydrogen) atoms. The van der Waals surface area contributed by atoms with Crippen LogP contribution in [0.15, 0.2) is 18.3 Å². The number of carboxylic acids is 1. The van der Waals surface area contributed by atoms with Crippen molar-refractivity contribution in [1.82, 2.24) is 10.3 Å². The van der Waals surface area contributed by atoms with Crippen LogP contribution >= 0.6 is 0 Å². The van der Waals surface area contributed by atoms with Gasteiger partial charge < -0.3 is 10.4 Å². The maximum Gasteiger partial charge on any atom is 0.306 e. The van der Waals surface area contributed by atoms with Crippen molar-refractivity contribution in [2.45, 2.75) is 25.8 Å². The zero-order valence-electron chi connectivity index (χ0n) is 9.51. The maximum atomic E-state index is 11.7. The van der Waals surface area contributed by atoms with E-state index in [0.29, 0.717) is 18.4 Å². The Morgan fingerprint density at radius 3 is 2.65 bits per heavy atom. The first kappa shape index (κ1) is 11.6. The quantitative estimate of drug-likeness (QED) is 0.817. The minimum Gasteiger partial charge on any atom is -0.481 e. The van der Waals surface area contributed by atoms with Crippen molar-refractivity contribution in [3.63, 3.8) is 0 Å². The highest BCUT2D eigenvalue weighted by molar-refractivity contribution is 5.94. The van der Waals surface area contributed by atoms with E-state index in [4.69, 9.17) is 5.11 Å². The van der Waals surface area contributed by atoms with Crippen LogP contribution in [0.1, 0.15) is 28.9 Å². The zero-order chi connectivity index (χ0) is 12.4. The lowest BCUT2D eigenvalue weighted by Gasteiger charge is -2.32. The third-order valence-corrected chi connectivity index (χ3v) is 3.00. The Morgan fingerprint density at radius 1 is 1.41 bits per heavy atom. The van der Waals surface area contributed by atoms with Crippen LogP contribution in [0.5, 0.6) is 0 Å². The highest BCUT2D eigenvalue weighted by Gasteiger charge is 2.35. The summed E-state index contributed by atoms with van der Waals surface area (Å²) < 4.78 is 0. The number of hydrogen-bond donors (Lipinski definition) is 2. The molecule has 0 aliphatic heterocycles. The second-order valence-corrected chi connectivity index (χ2v) is 4.37. The number of pyridine rings is 1. The van der Waals surface area contributed by atoms with Crippen molar-refractivity contribution >= 4 is 11.9 Å². The lowest BCUT2D eigenvalue weighted by molar-refractivity contribution is -0.145. The molecule has 5 heteroatoms. The number of carbonyl (C=O) groups excluding carboxylic acids is 1. The molecule has 0 bridgehead atoms. The molecule has 5 nitrogen and oxygen atoms in total. The fraction of sp³-hybridized carbons (Fsp3) is 0.417. The van der Waals surface area contributed by atoms with Crippen LogP contribution in [0.25, 0.3) is 0 Å². The lowest BCUT2D eigenvalue weighted by Crippen LogP contribution is -2.46. The molecule has 1 fully saturated rings. The third-order valence-electron chi connectivity index (χ3n) is 3.00. The Labute approximate surface area is 98.9 Å². The lowest BCUT2D eigenvalue weighted by atomic mass is 9.80.